The van der Waals surface area contributed by atoms with Crippen molar-refractivity contribution in [3.05, 3.63) is 47.8 Å². The van der Waals surface area contributed by atoms with Gasteiger partial charge in [0.1, 0.15) is 5.82 Å². The zero-order valence-electron chi connectivity index (χ0n) is 15.2. The van der Waals surface area contributed by atoms with Crippen LogP contribution in [-0.2, 0) is 13.0 Å². The van der Waals surface area contributed by atoms with Crippen molar-refractivity contribution in [2.45, 2.75) is 26.8 Å². The van der Waals surface area contributed by atoms with Gasteiger partial charge in [-0.2, -0.15) is 0 Å². The predicted molar refractivity (Wildman–Crippen MR) is 101 cm³/mol. The van der Waals surface area contributed by atoms with Crippen LogP contribution in [0, 0.1) is 5.92 Å². The Morgan fingerprint density at radius 2 is 1.68 bits per heavy atom. The zero-order chi connectivity index (χ0) is 18.0. The van der Waals surface area contributed by atoms with Crippen molar-refractivity contribution in [1.82, 2.24) is 9.55 Å². The molecule has 0 spiro atoms. The third kappa shape index (κ3) is 3.55. The molecule has 3 aromatic rings. The summed E-state index contributed by atoms with van der Waals surface area (Å²) in [5.74, 6) is 2.96. The van der Waals surface area contributed by atoms with Crippen LogP contribution in [0.15, 0.2) is 36.4 Å². The van der Waals surface area contributed by atoms with Crippen LogP contribution in [0.25, 0.3) is 11.0 Å². The highest BCUT2D eigenvalue weighted by atomic mass is 16.5. The highest BCUT2D eigenvalue weighted by Gasteiger charge is 2.16. The molecule has 0 unspecified atom stereocenters. The number of aromatic nitrogens is 2. The SMILES string of the molecule is COc1cc2nc(Cc3ccc(N)cc3)n(CC(C)C)c2cc1OC. The summed E-state index contributed by atoms with van der Waals surface area (Å²) in [7, 11) is 3.30. The van der Waals surface area contributed by atoms with Crippen LogP contribution in [0.4, 0.5) is 5.69 Å². The van der Waals surface area contributed by atoms with E-state index < -0.39 is 0 Å². The van der Waals surface area contributed by atoms with Crippen molar-refractivity contribution in [1.29, 1.82) is 0 Å². The van der Waals surface area contributed by atoms with Crippen LogP contribution in [-0.4, -0.2) is 23.8 Å². The summed E-state index contributed by atoms with van der Waals surface area (Å²) >= 11 is 0. The Bertz CT molecular complexity index is 867. The summed E-state index contributed by atoms with van der Waals surface area (Å²) < 4.78 is 13.2. The van der Waals surface area contributed by atoms with Crippen molar-refractivity contribution in [3.8, 4) is 11.5 Å². The number of ether oxygens (including phenoxy) is 2. The molecule has 0 radical (unpaired) electrons. The Kier molecular flexibility index (Phi) is 4.83. The molecule has 132 valence electrons. The summed E-state index contributed by atoms with van der Waals surface area (Å²) in [6, 6.07) is 11.9. The number of nitrogens with two attached hydrogens (primary N) is 1. The van der Waals surface area contributed by atoms with E-state index in [1.807, 2.05) is 24.3 Å². The van der Waals surface area contributed by atoms with Crippen LogP contribution in [0.3, 0.4) is 0 Å². The predicted octanol–water partition coefficient (Wildman–Crippen LogP) is 3.88. The fraction of sp³-hybridized carbons (Fsp3) is 0.350. The number of rotatable bonds is 6. The van der Waals surface area contributed by atoms with Gasteiger partial charge in [0.2, 0.25) is 0 Å². The molecule has 1 aromatic heterocycles. The van der Waals surface area contributed by atoms with E-state index in [0.29, 0.717) is 11.7 Å². The average molecular weight is 339 g/mol. The molecule has 0 aliphatic rings. The van der Waals surface area contributed by atoms with Gasteiger partial charge in [-0.3, -0.25) is 0 Å². The molecule has 2 aromatic carbocycles. The molecular weight excluding hydrogens is 314 g/mol. The highest BCUT2D eigenvalue weighted by Crippen LogP contribution is 2.33. The van der Waals surface area contributed by atoms with Gasteiger partial charge in [0.25, 0.3) is 0 Å². The minimum absolute atomic E-state index is 0.510. The van der Waals surface area contributed by atoms with Gasteiger partial charge < -0.3 is 19.8 Å². The molecule has 3 rings (SSSR count). The number of nitrogens with zero attached hydrogens (tertiary/aromatic N) is 2. The van der Waals surface area contributed by atoms with E-state index in [2.05, 4.69) is 30.5 Å². The number of fused-ring (bicyclic) bond motifs is 1. The number of methoxy groups -OCH3 is 2. The first-order valence-corrected chi connectivity index (χ1v) is 8.47. The second-order valence-electron chi connectivity index (χ2n) is 6.65. The highest BCUT2D eigenvalue weighted by molar-refractivity contribution is 5.80. The first kappa shape index (κ1) is 17.1. The molecule has 0 bridgehead atoms. The minimum Gasteiger partial charge on any atom is -0.493 e. The number of nitrogen functional groups attached to an aromatic ring is 1. The molecular formula is C20H25N3O2. The van der Waals surface area contributed by atoms with Gasteiger partial charge in [0, 0.05) is 30.8 Å². The van der Waals surface area contributed by atoms with Gasteiger partial charge in [0.15, 0.2) is 11.5 Å². The van der Waals surface area contributed by atoms with Crippen LogP contribution in [0.1, 0.15) is 25.2 Å². The van der Waals surface area contributed by atoms with Crippen LogP contribution >= 0.6 is 0 Å². The first-order chi connectivity index (χ1) is 12.0. The zero-order valence-corrected chi connectivity index (χ0v) is 15.2. The molecule has 0 fully saturated rings. The maximum Gasteiger partial charge on any atom is 0.163 e. The summed E-state index contributed by atoms with van der Waals surface area (Å²) in [6.45, 7) is 5.31. The Labute approximate surface area is 148 Å². The fourth-order valence-corrected chi connectivity index (χ4v) is 3.02. The number of imidazole rings is 1. The lowest BCUT2D eigenvalue weighted by Gasteiger charge is -2.13. The van der Waals surface area contributed by atoms with Crippen LogP contribution in [0.5, 0.6) is 11.5 Å². The Morgan fingerprint density at radius 1 is 1.04 bits per heavy atom. The monoisotopic (exact) mass is 339 g/mol. The molecule has 0 atom stereocenters. The van der Waals surface area contributed by atoms with Crippen LogP contribution in [0.2, 0.25) is 0 Å². The van der Waals surface area contributed by atoms with Gasteiger partial charge in [-0.15, -0.1) is 0 Å². The fourth-order valence-electron chi connectivity index (χ4n) is 3.02. The van der Waals surface area contributed by atoms with E-state index in [-0.39, 0.29) is 0 Å². The van der Waals surface area contributed by atoms with Gasteiger partial charge >= 0.3 is 0 Å². The third-order valence-electron chi connectivity index (χ3n) is 4.22. The topological polar surface area (TPSA) is 62.3 Å². The molecule has 1 heterocycles. The van der Waals surface area contributed by atoms with Gasteiger partial charge in [0.05, 0.1) is 25.3 Å². The lowest BCUT2D eigenvalue weighted by atomic mass is 10.1. The van der Waals surface area contributed by atoms with Crippen molar-refractivity contribution in [3.63, 3.8) is 0 Å². The number of hydrogen-bond donors (Lipinski definition) is 1. The third-order valence-corrected chi connectivity index (χ3v) is 4.22. The first-order valence-electron chi connectivity index (χ1n) is 8.47. The van der Waals surface area contributed by atoms with E-state index in [1.165, 1.54) is 5.56 Å². The van der Waals surface area contributed by atoms with Crippen molar-refractivity contribution in [2.75, 3.05) is 20.0 Å². The average Bonchev–Trinajstić information content (AvgIpc) is 2.91. The Hall–Kier alpha value is -2.69. The van der Waals surface area contributed by atoms with Gasteiger partial charge in [-0.05, 0) is 23.6 Å². The van der Waals surface area contributed by atoms with E-state index in [0.717, 1.165) is 41.3 Å². The summed E-state index contributed by atoms with van der Waals surface area (Å²) in [4.78, 5) is 4.86. The van der Waals surface area contributed by atoms with Crippen molar-refractivity contribution in [2.24, 2.45) is 5.92 Å². The molecule has 5 nitrogen and oxygen atoms in total. The lowest BCUT2D eigenvalue weighted by Crippen LogP contribution is -2.09. The minimum atomic E-state index is 0.510. The van der Waals surface area contributed by atoms with Gasteiger partial charge in [-0.1, -0.05) is 26.0 Å². The number of benzene rings is 2. The summed E-state index contributed by atoms with van der Waals surface area (Å²) in [6.07, 6.45) is 0.756. The Balaban J connectivity index is 2.10. The van der Waals surface area contributed by atoms with Gasteiger partial charge in [-0.25, -0.2) is 4.98 Å². The molecule has 2 N–H and O–H groups in total. The van der Waals surface area contributed by atoms with Crippen molar-refractivity contribution >= 4 is 16.7 Å². The molecule has 0 saturated heterocycles. The lowest BCUT2D eigenvalue weighted by molar-refractivity contribution is 0.355. The van der Waals surface area contributed by atoms with E-state index in [4.69, 9.17) is 20.2 Å². The second-order valence-corrected chi connectivity index (χ2v) is 6.65. The van der Waals surface area contributed by atoms with E-state index in [1.54, 1.807) is 14.2 Å². The number of hydrogen-bond acceptors (Lipinski definition) is 4. The standard InChI is InChI=1S/C20H25N3O2/c1-13(2)12-23-17-11-19(25-4)18(24-3)10-16(17)22-20(23)9-14-5-7-15(21)8-6-14/h5-8,10-11,13H,9,12,21H2,1-4H3. The molecule has 5 heteroatoms. The molecule has 0 aliphatic heterocycles. The van der Waals surface area contributed by atoms with Crippen LogP contribution < -0.4 is 15.2 Å². The smallest absolute Gasteiger partial charge is 0.163 e. The largest absolute Gasteiger partial charge is 0.493 e. The summed E-state index contributed by atoms with van der Waals surface area (Å²) in [5.41, 5.74) is 9.74. The second kappa shape index (κ2) is 7.05. The van der Waals surface area contributed by atoms with Crippen molar-refractivity contribution < 1.29 is 9.47 Å². The normalized spacial score (nSPS) is 11.2. The molecule has 0 saturated carbocycles. The molecule has 25 heavy (non-hydrogen) atoms. The maximum absolute atomic E-state index is 5.79. The maximum atomic E-state index is 5.79. The number of anilines is 1. The Morgan fingerprint density at radius 3 is 2.28 bits per heavy atom. The molecule has 0 aliphatic carbocycles. The van der Waals surface area contributed by atoms with E-state index >= 15 is 0 Å². The summed E-state index contributed by atoms with van der Waals surface area (Å²) in [5, 5.41) is 0. The van der Waals surface area contributed by atoms with E-state index in [9.17, 15) is 0 Å². The molecule has 0 amide bonds. The quantitative estimate of drug-likeness (QED) is 0.692.